The Bertz CT molecular complexity index is 250. The molecule has 1 atom stereocenters. The number of halogens is 1. The Morgan fingerprint density at radius 2 is 2.19 bits per heavy atom. The van der Waals surface area contributed by atoms with Crippen molar-refractivity contribution in [2.75, 3.05) is 26.7 Å². The number of nitrogens with one attached hydrogen (secondary N) is 2. The number of carbonyl (C=O) groups is 2. The molecule has 0 aromatic carbocycles. The molecule has 1 unspecified atom stereocenters. The highest BCUT2D eigenvalue weighted by atomic mass is 35.5. The second-order valence-electron chi connectivity index (χ2n) is 3.63. The van der Waals surface area contributed by atoms with Gasteiger partial charge < -0.3 is 11.1 Å². The fourth-order valence-corrected chi connectivity index (χ4v) is 1.78. The topological polar surface area (TPSA) is 87.5 Å². The van der Waals surface area contributed by atoms with E-state index < -0.39 is 6.03 Å². The molecule has 0 aromatic rings. The van der Waals surface area contributed by atoms with E-state index in [9.17, 15) is 9.59 Å². The van der Waals surface area contributed by atoms with Gasteiger partial charge in [-0.05, 0) is 19.4 Å². The van der Waals surface area contributed by atoms with E-state index in [1.807, 2.05) is 4.90 Å². The van der Waals surface area contributed by atoms with Crippen LogP contribution in [-0.2, 0) is 4.79 Å². The maximum absolute atomic E-state index is 11.4. The van der Waals surface area contributed by atoms with Crippen LogP contribution in [0.4, 0.5) is 4.79 Å². The molecule has 0 saturated carbocycles. The standard InChI is InChI=1S/C9H18N4O2.ClH/c1-11-9(15)12-8(14)6-13-4-2-3-7(13)5-10;/h7H,2-6,10H2,1H3,(H2,11,12,14,15);1H. The molecule has 1 heterocycles. The van der Waals surface area contributed by atoms with Gasteiger partial charge >= 0.3 is 6.03 Å². The van der Waals surface area contributed by atoms with Gasteiger partial charge in [-0.15, -0.1) is 12.4 Å². The molecule has 1 fully saturated rings. The minimum Gasteiger partial charge on any atom is -0.341 e. The average molecular weight is 251 g/mol. The summed E-state index contributed by atoms with van der Waals surface area (Å²) in [5, 5.41) is 4.56. The van der Waals surface area contributed by atoms with Gasteiger partial charge in [-0.3, -0.25) is 15.0 Å². The second-order valence-corrected chi connectivity index (χ2v) is 3.63. The van der Waals surface area contributed by atoms with Gasteiger partial charge in [-0.25, -0.2) is 4.79 Å². The van der Waals surface area contributed by atoms with Crippen LogP contribution < -0.4 is 16.4 Å². The fourth-order valence-electron chi connectivity index (χ4n) is 1.78. The van der Waals surface area contributed by atoms with Crippen molar-refractivity contribution in [3.8, 4) is 0 Å². The van der Waals surface area contributed by atoms with Crippen molar-refractivity contribution in [3.63, 3.8) is 0 Å². The molecule has 1 rings (SSSR count). The molecule has 1 aliphatic rings. The first kappa shape index (κ1) is 15.2. The summed E-state index contributed by atoms with van der Waals surface area (Å²) in [7, 11) is 1.47. The van der Waals surface area contributed by atoms with Crippen molar-refractivity contribution in [2.24, 2.45) is 5.73 Å². The lowest BCUT2D eigenvalue weighted by Crippen LogP contribution is -2.46. The molecule has 0 aromatic heterocycles. The van der Waals surface area contributed by atoms with Crippen LogP contribution in [0.1, 0.15) is 12.8 Å². The highest BCUT2D eigenvalue weighted by Gasteiger charge is 2.25. The SMILES string of the molecule is CNC(=O)NC(=O)CN1CCCC1CN.Cl. The minimum absolute atomic E-state index is 0. The smallest absolute Gasteiger partial charge is 0.321 e. The number of imide groups is 1. The van der Waals surface area contributed by atoms with Gasteiger partial charge in [0.2, 0.25) is 5.91 Å². The minimum atomic E-state index is -0.469. The van der Waals surface area contributed by atoms with E-state index in [0.29, 0.717) is 6.54 Å². The van der Waals surface area contributed by atoms with Crippen LogP contribution in [0.5, 0.6) is 0 Å². The zero-order chi connectivity index (χ0) is 11.3. The van der Waals surface area contributed by atoms with Crippen molar-refractivity contribution in [2.45, 2.75) is 18.9 Å². The van der Waals surface area contributed by atoms with Crippen LogP contribution in [0.2, 0.25) is 0 Å². The molecule has 0 spiro atoms. The summed E-state index contributed by atoms with van der Waals surface area (Å²) in [5.74, 6) is -0.283. The maximum atomic E-state index is 11.4. The number of rotatable bonds is 3. The molecule has 16 heavy (non-hydrogen) atoms. The molecular weight excluding hydrogens is 232 g/mol. The van der Waals surface area contributed by atoms with Crippen LogP contribution >= 0.6 is 12.4 Å². The summed E-state index contributed by atoms with van der Waals surface area (Å²) >= 11 is 0. The Balaban J connectivity index is 0.00000225. The summed E-state index contributed by atoms with van der Waals surface area (Å²) in [5.41, 5.74) is 5.57. The average Bonchev–Trinajstić information content (AvgIpc) is 2.64. The van der Waals surface area contributed by atoms with Crippen LogP contribution in [0.15, 0.2) is 0 Å². The number of nitrogens with zero attached hydrogens (tertiary/aromatic N) is 1. The third-order valence-corrected chi connectivity index (χ3v) is 2.60. The normalized spacial score (nSPS) is 20.0. The van der Waals surface area contributed by atoms with Crippen molar-refractivity contribution in [3.05, 3.63) is 0 Å². The second kappa shape index (κ2) is 7.43. The Morgan fingerprint density at radius 1 is 1.50 bits per heavy atom. The number of urea groups is 1. The molecule has 94 valence electrons. The number of likely N-dealkylation sites (tertiary alicyclic amines) is 1. The highest BCUT2D eigenvalue weighted by molar-refractivity contribution is 5.95. The quantitative estimate of drug-likeness (QED) is 0.617. The van der Waals surface area contributed by atoms with Crippen LogP contribution in [-0.4, -0.2) is 49.6 Å². The van der Waals surface area contributed by atoms with Gasteiger partial charge in [0.1, 0.15) is 0 Å². The molecular formula is C9H19ClN4O2. The van der Waals surface area contributed by atoms with Gasteiger partial charge in [-0.1, -0.05) is 0 Å². The zero-order valence-electron chi connectivity index (χ0n) is 9.36. The summed E-state index contributed by atoms with van der Waals surface area (Å²) in [6.07, 6.45) is 2.10. The summed E-state index contributed by atoms with van der Waals surface area (Å²) in [6, 6.07) is -0.191. The third-order valence-electron chi connectivity index (χ3n) is 2.60. The van der Waals surface area contributed by atoms with Crippen molar-refractivity contribution in [1.29, 1.82) is 0 Å². The van der Waals surface area contributed by atoms with E-state index in [1.165, 1.54) is 7.05 Å². The Morgan fingerprint density at radius 3 is 2.75 bits per heavy atom. The largest absolute Gasteiger partial charge is 0.341 e. The molecule has 0 aliphatic carbocycles. The highest BCUT2D eigenvalue weighted by Crippen LogP contribution is 2.14. The lowest BCUT2D eigenvalue weighted by molar-refractivity contribution is -0.121. The molecule has 6 nitrogen and oxygen atoms in total. The number of amides is 3. The molecule has 1 saturated heterocycles. The Hall–Kier alpha value is -0.850. The van der Waals surface area contributed by atoms with E-state index in [1.54, 1.807) is 0 Å². The van der Waals surface area contributed by atoms with Crippen LogP contribution in [0.25, 0.3) is 0 Å². The number of hydrogen-bond donors (Lipinski definition) is 3. The Kier molecular flexibility index (Phi) is 7.03. The van der Waals surface area contributed by atoms with Crippen molar-refractivity contribution in [1.82, 2.24) is 15.5 Å². The molecule has 4 N–H and O–H groups in total. The summed E-state index contributed by atoms with van der Waals surface area (Å²) in [6.45, 7) is 1.69. The van der Waals surface area contributed by atoms with E-state index in [0.717, 1.165) is 19.4 Å². The van der Waals surface area contributed by atoms with E-state index >= 15 is 0 Å². The molecule has 7 heteroatoms. The van der Waals surface area contributed by atoms with E-state index in [2.05, 4.69) is 10.6 Å². The lowest BCUT2D eigenvalue weighted by Gasteiger charge is -2.21. The molecule has 1 aliphatic heterocycles. The van der Waals surface area contributed by atoms with E-state index in [-0.39, 0.29) is 30.9 Å². The van der Waals surface area contributed by atoms with Gasteiger partial charge in [-0.2, -0.15) is 0 Å². The van der Waals surface area contributed by atoms with Gasteiger partial charge in [0.25, 0.3) is 0 Å². The predicted molar refractivity (Wildman–Crippen MR) is 63.5 cm³/mol. The predicted octanol–water partition coefficient (Wildman–Crippen LogP) is -0.713. The molecule has 3 amide bonds. The number of carbonyl (C=O) groups excluding carboxylic acids is 2. The first-order chi connectivity index (χ1) is 7.17. The first-order valence-electron chi connectivity index (χ1n) is 5.13. The third kappa shape index (κ3) is 4.34. The molecule has 0 radical (unpaired) electrons. The van der Waals surface area contributed by atoms with Gasteiger partial charge in [0.05, 0.1) is 6.54 Å². The lowest BCUT2D eigenvalue weighted by atomic mass is 10.2. The monoisotopic (exact) mass is 250 g/mol. The first-order valence-corrected chi connectivity index (χ1v) is 5.13. The van der Waals surface area contributed by atoms with E-state index in [4.69, 9.17) is 5.73 Å². The van der Waals surface area contributed by atoms with Crippen molar-refractivity contribution < 1.29 is 9.59 Å². The Labute approximate surface area is 101 Å². The number of nitrogens with two attached hydrogens (primary N) is 1. The van der Waals surface area contributed by atoms with Crippen LogP contribution in [0.3, 0.4) is 0 Å². The van der Waals surface area contributed by atoms with Crippen molar-refractivity contribution >= 4 is 24.3 Å². The van der Waals surface area contributed by atoms with Crippen LogP contribution in [0, 0.1) is 0 Å². The summed E-state index contributed by atoms with van der Waals surface area (Å²) in [4.78, 5) is 24.2. The zero-order valence-corrected chi connectivity index (χ0v) is 10.2. The summed E-state index contributed by atoms with van der Waals surface area (Å²) < 4.78 is 0. The fraction of sp³-hybridized carbons (Fsp3) is 0.778. The molecule has 0 bridgehead atoms. The van der Waals surface area contributed by atoms with Gasteiger partial charge in [0, 0.05) is 19.6 Å². The maximum Gasteiger partial charge on any atom is 0.321 e. The number of hydrogen-bond acceptors (Lipinski definition) is 4. The van der Waals surface area contributed by atoms with Gasteiger partial charge in [0.15, 0.2) is 0 Å².